The SMILES string of the molecule is CC1CCN(C(=O)C(C)(C)N)C(C(=O)O)C1. The second-order valence-electron chi connectivity index (χ2n) is 5.20. The lowest BCUT2D eigenvalue weighted by Gasteiger charge is -2.39. The number of hydrogen-bond donors (Lipinski definition) is 2. The molecule has 0 spiro atoms. The molecule has 1 heterocycles. The molecular formula is C11H20N2O3. The van der Waals surface area contributed by atoms with Crippen LogP contribution in [0.2, 0.25) is 0 Å². The van der Waals surface area contributed by atoms with Gasteiger partial charge in [0.2, 0.25) is 5.91 Å². The standard InChI is InChI=1S/C11H20N2O3/c1-7-4-5-13(8(6-7)9(14)15)10(16)11(2,3)12/h7-8H,4-6,12H2,1-3H3,(H,14,15). The van der Waals surface area contributed by atoms with Crippen LogP contribution in [-0.2, 0) is 9.59 Å². The number of likely N-dealkylation sites (tertiary alicyclic amines) is 1. The van der Waals surface area contributed by atoms with E-state index in [1.165, 1.54) is 4.90 Å². The van der Waals surface area contributed by atoms with Gasteiger partial charge in [0.15, 0.2) is 0 Å². The van der Waals surface area contributed by atoms with Gasteiger partial charge in [-0.25, -0.2) is 4.79 Å². The van der Waals surface area contributed by atoms with E-state index in [1.807, 2.05) is 6.92 Å². The van der Waals surface area contributed by atoms with Crippen LogP contribution in [-0.4, -0.2) is 40.0 Å². The molecule has 0 saturated carbocycles. The van der Waals surface area contributed by atoms with Gasteiger partial charge in [-0.05, 0) is 32.6 Å². The lowest BCUT2D eigenvalue weighted by atomic mass is 9.90. The first-order valence-electron chi connectivity index (χ1n) is 5.56. The highest BCUT2D eigenvalue weighted by atomic mass is 16.4. The topological polar surface area (TPSA) is 83.6 Å². The molecule has 16 heavy (non-hydrogen) atoms. The molecule has 3 N–H and O–H groups in total. The van der Waals surface area contributed by atoms with Crippen molar-refractivity contribution < 1.29 is 14.7 Å². The molecule has 0 aromatic rings. The number of amides is 1. The average molecular weight is 228 g/mol. The van der Waals surface area contributed by atoms with Gasteiger partial charge in [-0.15, -0.1) is 0 Å². The van der Waals surface area contributed by atoms with Gasteiger partial charge in [0.05, 0.1) is 5.54 Å². The molecule has 1 saturated heterocycles. The molecule has 0 aromatic carbocycles. The van der Waals surface area contributed by atoms with E-state index < -0.39 is 17.6 Å². The second-order valence-corrected chi connectivity index (χ2v) is 5.20. The van der Waals surface area contributed by atoms with Gasteiger partial charge in [0.1, 0.15) is 6.04 Å². The van der Waals surface area contributed by atoms with E-state index in [4.69, 9.17) is 10.8 Å². The van der Waals surface area contributed by atoms with Crippen LogP contribution in [0.3, 0.4) is 0 Å². The van der Waals surface area contributed by atoms with Gasteiger partial charge >= 0.3 is 5.97 Å². The van der Waals surface area contributed by atoms with Crippen molar-refractivity contribution in [3.05, 3.63) is 0 Å². The van der Waals surface area contributed by atoms with E-state index in [9.17, 15) is 9.59 Å². The van der Waals surface area contributed by atoms with Crippen molar-refractivity contribution in [1.29, 1.82) is 0 Å². The van der Waals surface area contributed by atoms with Crippen LogP contribution in [0.15, 0.2) is 0 Å². The number of hydrogen-bond acceptors (Lipinski definition) is 3. The average Bonchev–Trinajstić information content (AvgIpc) is 2.15. The molecule has 2 atom stereocenters. The number of carbonyl (C=O) groups is 2. The zero-order valence-corrected chi connectivity index (χ0v) is 10.1. The van der Waals surface area contributed by atoms with E-state index in [0.29, 0.717) is 18.9 Å². The number of carbonyl (C=O) groups excluding carboxylic acids is 1. The molecule has 1 aliphatic rings. The van der Waals surface area contributed by atoms with Gasteiger partial charge in [-0.3, -0.25) is 4.79 Å². The Kier molecular flexibility index (Phi) is 3.57. The van der Waals surface area contributed by atoms with Gasteiger partial charge in [0.25, 0.3) is 0 Å². The monoisotopic (exact) mass is 228 g/mol. The Morgan fingerprint density at radius 1 is 1.44 bits per heavy atom. The van der Waals surface area contributed by atoms with E-state index in [0.717, 1.165) is 6.42 Å². The van der Waals surface area contributed by atoms with Crippen LogP contribution in [0.1, 0.15) is 33.6 Å². The summed E-state index contributed by atoms with van der Waals surface area (Å²) in [6.45, 7) is 5.70. The van der Waals surface area contributed by atoms with Crippen molar-refractivity contribution in [1.82, 2.24) is 4.90 Å². The molecule has 1 rings (SSSR count). The third kappa shape index (κ3) is 2.72. The molecule has 1 aliphatic heterocycles. The van der Waals surface area contributed by atoms with Crippen LogP contribution in [0, 0.1) is 5.92 Å². The highest BCUT2D eigenvalue weighted by molar-refractivity contribution is 5.89. The molecule has 1 amide bonds. The van der Waals surface area contributed by atoms with Crippen LogP contribution in [0.4, 0.5) is 0 Å². The number of nitrogens with zero attached hydrogens (tertiary/aromatic N) is 1. The zero-order chi connectivity index (χ0) is 12.5. The molecule has 0 aromatic heterocycles. The maximum absolute atomic E-state index is 12.0. The molecule has 1 fully saturated rings. The summed E-state index contributed by atoms with van der Waals surface area (Å²) in [4.78, 5) is 24.5. The first-order chi connectivity index (χ1) is 7.23. The maximum Gasteiger partial charge on any atom is 0.326 e. The van der Waals surface area contributed by atoms with E-state index >= 15 is 0 Å². The minimum Gasteiger partial charge on any atom is -0.480 e. The number of aliphatic carboxylic acids is 1. The smallest absolute Gasteiger partial charge is 0.326 e. The summed E-state index contributed by atoms with van der Waals surface area (Å²) in [5.74, 6) is -0.887. The summed E-state index contributed by atoms with van der Waals surface area (Å²) in [6.07, 6.45) is 1.35. The maximum atomic E-state index is 12.0. The Morgan fingerprint density at radius 3 is 2.44 bits per heavy atom. The quantitative estimate of drug-likeness (QED) is 0.718. The third-order valence-electron chi connectivity index (χ3n) is 2.96. The van der Waals surface area contributed by atoms with Crippen molar-refractivity contribution in [2.45, 2.75) is 45.2 Å². The Bertz CT molecular complexity index is 296. The minimum absolute atomic E-state index is 0.285. The first-order valence-corrected chi connectivity index (χ1v) is 5.56. The Labute approximate surface area is 95.6 Å². The fourth-order valence-corrected chi connectivity index (χ4v) is 1.99. The molecule has 0 aliphatic carbocycles. The fraction of sp³-hybridized carbons (Fsp3) is 0.818. The van der Waals surface area contributed by atoms with Gasteiger partial charge in [-0.2, -0.15) is 0 Å². The van der Waals surface area contributed by atoms with Gasteiger partial charge < -0.3 is 15.7 Å². The van der Waals surface area contributed by atoms with Crippen LogP contribution < -0.4 is 5.73 Å². The predicted molar refractivity (Wildman–Crippen MR) is 59.8 cm³/mol. The zero-order valence-electron chi connectivity index (χ0n) is 10.1. The Morgan fingerprint density at radius 2 is 2.00 bits per heavy atom. The van der Waals surface area contributed by atoms with Crippen molar-refractivity contribution >= 4 is 11.9 Å². The largest absolute Gasteiger partial charge is 0.480 e. The normalized spacial score (nSPS) is 26.6. The lowest BCUT2D eigenvalue weighted by molar-refractivity contribution is -0.155. The highest BCUT2D eigenvalue weighted by Crippen LogP contribution is 2.24. The number of nitrogens with two attached hydrogens (primary N) is 1. The molecule has 92 valence electrons. The first kappa shape index (κ1) is 13.0. The second kappa shape index (κ2) is 4.41. The van der Waals surface area contributed by atoms with Gasteiger partial charge in [-0.1, -0.05) is 6.92 Å². The minimum atomic E-state index is -1.01. The molecular weight excluding hydrogens is 208 g/mol. The fourth-order valence-electron chi connectivity index (χ4n) is 1.99. The van der Waals surface area contributed by atoms with E-state index in [1.54, 1.807) is 13.8 Å². The van der Waals surface area contributed by atoms with Crippen LogP contribution >= 0.6 is 0 Å². The van der Waals surface area contributed by atoms with Crippen LogP contribution in [0.25, 0.3) is 0 Å². The number of carboxylic acid groups (broad SMARTS) is 1. The highest BCUT2D eigenvalue weighted by Gasteiger charge is 2.38. The summed E-state index contributed by atoms with van der Waals surface area (Å²) in [5, 5.41) is 9.11. The Hall–Kier alpha value is -1.10. The summed E-state index contributed by atoms with van der Waals surface area (Å²) in [7, 11) is 0. The lowest BCUT2D eigenvalue weighted by Crippen LogP contribution is -2.58. The van der Waals surface area contributed by atoms with Crippen molar-refractivity contribution in [2.75, 3.05) is 6.54 Å². The molecule has 0 radical (unpaired) electrons. The summed E-state index contributed by atoms with van der Waals surface area (Å²) in [6, 6.07) is -0.723. The van der Waals surface area contributed by atoms with Crippen LogP contribution in [0.5, 0.6) is 0 Å². The summed E-state index contributed by atoms with van der Waals surface area (Å²) in [5.41, 5.74) is 4.72. The van der Waals surface area contributed by atoms with Crippen molar-refractivity contribution in [3.63, 3.8) is 0 Å². The number of carboxylic acids is 1. The predicted octanol–water partition coefficient (Wildman–Crippen LogP) is 0.435. The molecule has 5 heteroatoms. The number of piperidine rings is 1. The third-order valence-corrected chi connectivity index (χ3v) is 2.96. The summed E-state index contributed by atoms with van der Waals surface area (Å²) >= 11 is 0. The van der Waals surface area contributed by atoms with Crippen molar-refractivity contribution in [3.8, 4) is 0 Å². The molecule has 5 nitrogen and oxygen atoms in total. The molecule has 2 unspecified atom stereocenters. The van der Waals surface area contributed by atoms with Gasteiger partial charge in [0, 0.05) is 6.54 Å². The summed E-state index contributed by atoms with van der Waals surface area (Å²) < 4.78 is 0. The molecule has 0 bridgehead atoms. The van der Waals surface area contributed by atoms with E-state index in [2.05, 4.69) is 0 Å². The Balaban J connectivity index is 2.85. The van der Waals surface area contributed by atoms with Crippen molar-refractivity contribution in [2.24, 2.45) is 11.7 Å². The number of rotatable bonds is 2. The van der Waals surface area contributed by atoms with E-state index in [-0.39, 0.29) is 5.91 Å².